The zero-order chi connectivity index (χ0) is 31.1. The SMILES string of the molecule is CCCCC(CC)C(=O)NC1=CC(O)=CC(=O)/C1=C1/C(=O)C(c2c(O)cc(OC(C)CCC(C)CC)cc2N=O)=C1O. The Hall–Kier alpha value is -4.21. The molecule has 0 spiro atoms. The zero-order valence-corrected chi connectivity index (χ0v) is 24.8. The molecule has 3 unspecified atom stereocenters. The molecule has 3 atom stereocenters. The number of hydrogen-bond donors (Lipinski definition) is 4. The number of unbranched alkanes of at least 4 members (excludes halogenated alkanes) is 1. The minimum atomic E-state index is -0.834. The van der Waals surface area contributed by atoms with E-state index in [-0.39, 0.29) is 46.2 Å². The van der Waals surface area contributed by atoms with Gasteiger partial charge in [-0.2, -0.15) is 0 Å². The number of allylic oxidation sites excluding steroid dienone is 5. The van der Waals surface area contributed by atoms with Crippen LogP contribution in [-0.4, -0.2) is 38.9 Å². The fourth-order valence-electron chi connectivity index (χ4n) is 5.03. The van der Waals surface area contributed by atoms with E-state index in [1.807, 2.05) is 20.8 Å². The Morgan fingerprint density at radius 3 is 2.26 bits per heavy atom. The van der Waals surface area contributed by atoms with Gasteiger partial charge in [-0.05, 0) is 43.7 Å². The van der Waals surface area contributed by atoms with Crippen LogP contribution >= 0.6 is 0 Å². The van der Waals surface area contributed by atoms with E-state index in [2.05, 4.69) is 24.3 Å². The number of ketones is 2. The van der Waals surface area contributed by atoms with Crippen LogP contribution in [0.3, 0.4) is 0 Å². The number of carbonyl (C=O) groups excluding carboxylic acids is 3. The summed E-state index contributed by atoms with van der Waals surface area (Å²) in [5.74, 6) is -3.24. The van der Waals surface area contributed by atoms with Crippen LogP contribution in [0.4, 0.5) is 5.69 Å². The molecule has 1 amide bonds. The normalized spacial score (nSPS) is 19.0. The number of ether oxygens (including phenoxy) is 1. The average molecular weight is 581 g/mol. The van der Waals surface area contributed by atoms with Crippen molar-refractivity contribution >= 4 is 28.7 Å². The summed E-state index contributed by atoms with van der Waals surface area (Å²) >= 11 is 0. The molecule has 42 heavy (non-hydrogen) atoms. The highest BCUT2D eigenvalue weighted by Gasteiger charge is 2.43. The monoisotopic (exact) mass is 580 g/mol. The van der Waals surface area contributed by atoms with Gasteiger partial charge in [-0.15, -0.1) is 4.91 Å². The summed E-state index contributed by atoms with van der Waals surface area (Å²) in [6.07, 6.45) is 7.42. The van der Waals surface area contributed by atoms with E-state index in [9.17, 15) is 34.6 Å². The zero-order valence-electron chi connectivity index (χ0n) is 24.8. The largest absolute Gasteiger partial charge is 0.508 e. The topological polar surface area (TPSA) is 163 Å². The minimum Gasteiger partial charge on any atom is -0.508 e. The number of phenolic OH excluding ortho intramolecular Hbond substituents is 1. The molecule has 2 aliphatic rings. The number of hydrogen-bond acceptors (Lipinski definition) is 9. The van der Waals surface area contributed by atoms with Gasteiger partial charge in [-0.25, -0.2) is 0 Å². The summed E-state index contributed by atoms with van der Waals surface area (Å²) in [5.41, 5.74) is -1.83. The number of amides is 1. The van der Waals surface area contributed by atoms with Crippen molar-refractivity contribution in [2.45, 2.75) is 85.7 Å². The van der Waals surface area contributed by atoms with Gasteiger partial charge in [-0.3, -0.25) is 14.4 Å². The van der Waals surface area contributed by atoms with Crippen molar-refractivity contribution in [3.63, 3.8) is 0 Å². The molecule has 4 N–H and O–H groups in total. The summed E-state index contributed by atoms with van der Waals surface area (Å²) in [6.45, 7) is 9.99. The molecule has 0 saturated heterocycles. The Labute approximate surface area is 245 Å². The van der Waals surface area contributed by atoms with Gasteiger partial charge in [-0.1, -0.05) is 47.0 Å². The smallest absolute Gasteiger partial charge is 0.227 e. The minimum absolute atomic E-state index is 0.123. The summed E-state index contributed by atoms with van der Waals surface area (Å²) in [7, 11) is 0. The number of nitrogens with zero attached hydrogens (tertiary/aromatic N) is 1. The number of rotatable bonds is 14. The third kappa shape index (κ3) is 6.98. The van der Waals surface area contributed by atoms with Gasteiger partial charge in [0.25, 0.3) is 0 Å². The lowest BCUT2D eigenvalue weighted by Crippen LogP contribution is -2.35. The first kappa shape index (κ1) is 32.3. The van der Waals surface area contributed by atoms with Gasteiger partial charge >= 0.3 is 0 Å². The number of benzene rings is 1. The fraction of sp³-hybridized carbons (Fsp3) is 0.469. The van der Waals surface area contributed by atoms with E-state index >= 15 is 0 Å². The van der Waals surface area contributed by atoms with Crippen LogP contribution in [0.1, 0.15) is 85.1 Å². The Bertz CT molecular complexity index is 1380. The van der Waals surface area contributed by atoms with Crippen LogP contribution < -0.4 is 10.1 Å². The second-order valence-electron chi connectivity index (χ2n) is 11.0. The van der Waals surface area contributed by atoms with E-state index < -0.39 is 40.0 Å². The van der Waals surface area contributed by atoms with Crippen LogP contribution in [-0.2, 0) is 14.4 Å². The molecule has 0 bridgehead atoms. The Kier molecular flexibility index (Phi) is 10.9. The maximum atomic E-state index is 13.4. The number of carbonyl (C=O) groups is 3. The molecule has 1 aromatic rings. The first-order valence-electron chi connectivity index (χ1n) is 14.5. The Balaban J connectivity index is 1.97. The van der Waals surface area contributed by atoms with Crippen LogP contribution in [0.5, 0.6) is 11.5 Å². The number of Topliss-reactive ketones (excluding diaryl/α,β-unsaturated/α-hetero) is 1. The van der Waals surface area contributed by atoms with Gasteiger partial charge in [0.2, 0.25) is 11.7 Å². The molecule has 1 aromatic carbocycles. The lowest BCUT2D eigenvalue weighted by atomic mass is 9.77. The highest BCUT2D eigenvalue weighted by atomic mass is 16.5. The fourth-order valence-corrected chi connectivity index (χ4v) is 5.03. The third-order valence-corrected chi connectivity index (χ3v) is 7.81. The van der Waals surface area contributed by atoms with Crippen molar-refractivity contribution in [2.24, 2.45) is 17.0 Å². The van der Waals surface area contributed by atoms with Crippen LogP contribution in [0, 0.1) is 16.7 Å². The summed E-state index contributed by atoms with van der Waals surface area (Å²) in [4.78, 5) is 51.0. The van der Waals surface area contributed by atoms with Crippen molar-refractivity contribution in [3.05, 3.63) is 63.1 Å². The molecule has 2 aliphatic carbocycles. The molecular formula is C32H40N2O8. The molecule has 0 heterocycles. The molecule has 0 aliphatic heterocycles. The van der Waals surface area contributed by atoms with E-state index in [1.165, 1.54) is 12.1 Å². The lowest BCUT2D eigenvalue weighted by molar-refractivity contribution is -0.124. The van der Waals surface area contributed by atoms with Crippen molar-refractivity contribution in [1.82, 2.24) is 5.32 Å². The van der Waals surface area contributed by atoms with Crippen molar-refractivity contribution in [3.8, 4) is 11.5 Å². The first-order chi connectivity index (χ1) is 20.0. The first-order valence-corrected chi connectivity index (χ1v) is 14.5. The number of aromatic hydroxyl groups is 1. The molecular weight excluding hydrogens is 540 g/mol. The molecule has 0 saturated carbocycles. The summed E-state index contributed by atoms with van der Waals surface area (Å²) in [5, 5.41) is 37.4. The van der Waals surface area contributed by atoms with Crippen molar-refractivity contribution in [2.75, 3.05) is 0 Å². The summed E-state index contributed by atoms with van der Waals surface area (Å²) in [6, 6.07) is 2.52. The van der Waals surface area contributed by atoms with E-state index in [4.69, 9.17) is 4.74 Å². The second kappa shape index (κ2) is 14.1. The lowest BCUT2D eigenvalue weighted by Gasteiger charge is -2.27. The highest BCUT2D eigenvalue weighted by molar-refractivity contribution is 6.42. The van der Waals surface area contributed by atoms with Gasteiger partial charge in [0.05, 0.1) is 34.1 Å². The number of aliphatic hydroxyl groups is 2. The molecule has 0 fully saturated rings. The average Bonchev–Trinajstić information content (AvgIpc) is 2.94. The van der Waals surface area contributed by atoms with E-state index in [1.54, 1.807) is 0 Å². The highest BCUT2D eigenvalue weighted by Crippen LogP contribution is 2.47. The standard InChI is InChI=1S/C32H40N2O8/c1-6-9-10-19(8-3)32(40)33-22-13-20(35)14-24(36)26(22)28-30(38)29(31(28)39)27-23(34-41)15-21(16-25(27)37)42-18(5)12-11-17(4)7-2/h13-19,35,37-38H,6-12H2,1-5H3,(H,33,40)/b28-26+. The number of nitrogens with one attached hydrogen (secondary N) is 1. The maximum absolute atomic E-state index is 13.4. The summed E-state index contributed by atoms with van der Waals surface area (Å²) < 4.78 is 5.86. The molecule has 3 rings (SSSR count). The molecule has 0 radical (unpaired) electrons. The van der Waals surface area contributed by atoms with Gasteiger partial charge in [0.1, 0.15) is 28.7 Å². The molecule has 10 heteroatoms. The quantitative estimate of drug-likeness (QED) is 0.138. The van der Waals surface area contributed by atoms with Gasteiger partial charge in [0.15, 0.2) is 5.78 Å². The van der Waals surface area contributed by atoms with Crippen LogP contribution in [0.15, 0.2) is 57.8 Å². The second-order valence-corrected chi connectivity index (χ2v) is 11.0. The molecule has 226 valence electrons. The number of aliphatic hydroxyl groups excluding tert-OH is 2. The number of nitroso groups, excluding NO2 is 1. The maximum Gasteiger partial charge on any atom is 0.227 e. The van der Waals surface area contributed by atoms with Crippen LogP contribution in [0.25, 0.3) is 5.57 Å². The van der Waals surface area contributed by atoms with Crippen molar-refractivity contribution < 1.29 is 34.4 Å². The molecule has 10 nitrogen and oxygen atoms in total. The van der Waals surface area contributed by atoms with Gasteiger partial charge in [0, 0.05) is 30.2 Å². The van der Waals surface area contributed by atoms with E-state index in [0.717, 1.165) is 44.3 Å². The van der Waals surface area contributed by atoms with Gasteiger partial charge < -0.3 is 25.4 Å². The Morgan fingerprint density at radius 2 is 1.67 bits per heavy atom. The Morgan fingerprint density at radius 1 is 0.952 bits per heavy atom. The third-order valence-electron chi connectivity index (χ3n) is 7.81. The predicted octanol–water partition coefficient (Wildman–Crippen LogP) is 6.77. The van der Waals surface area contributed by atoms with Crippen LogP contribution in [0.2, 0.25) is 0 Å². The van der Waals surface area contributed by atoms with Crippen molar-refractivity contribution in [1.29, 1.82) is 0 Å². The molecule has 0 aromatic heterocycles. The predicted molar refractivity (Wildman–Crippen MR) is 159 cm³/mol. The van der Waals surface area contributed by atoms with E-state index in [0.29, 0.717) is 18.8 Å². The number of phenols is 1.